The Balaban J connectivity index is 1.73. The summed E-state index contributed by atoms with van der Waals surface area (Å²) in [5, 5.41) is 14.3. The number of β-amino-alcohol motifs (C(OH)–C–C–N with tert-alkyl or cyclic N) is 1. The number of rotatable bonds is 3. The number of nitrogens with two attached hydrogens (primary N) is 1. The van der Waals surface area contributed by atoms with E-state index in [4.69, 9.17) is 5.73 Å². The quantitative estimate of drug-likeness (QED) is 0.754. The Bertz CT molecular complexity index is 867. The van der Waals surface area contributed by atoms with Crippen molar-refractivity contribution in [2.24, 2.45) is 0 Å². The Morgan fingerprint density at radius 2 is 1.92 bits per heavy atom. The summed E-state index contributed by atoms with van der Waals surface area (Å²) in [5.41, 5.74) is 6.78. The summed E-state index contributed by atoms with van der Waals surface area (Å²) in [6.45, 7) is 0.414. The van der Waals surface area contributed by atoms with Crippen molar-refractivity contribution >= 4 is 11.8 Å². The highest BCUT2D eigenvalue weighted by molar-refractivity contribution is 5.51. The van der Waals surface area contributed by atoms with Gasteiger partial charge in [0.25, 0.3) is 0 Å². The van der Waals surface area contributed by atoms with Crippen molar-refractivity contribution in [3.05, 3.63) is 60.2 Å². The average molecular weight is 340 g/mol. The van der Waals surface area contributed by atoms with Crippen LogP contribution in [0.1, 0.15) is 18.0 Å². The third kappa shape index (κ3) is 3.03. The predicted octanol–water partition coefficient (Wildman–Crippen LogP) is 1.70. The summed E-state index contributed by atoms with van der Waals surface area (Å²) in [7, 11) is 0. The maximum absolute atomic E-state index is 13.2. The molecule has 4 rings (SSSR count). The standard InChI is InChI=1S/C17H17FN6O/c18-12-4-2-11(3-5-12)14-8-13(25)10-23(14)15-9-16(22-17(19)21-15)24-7-1-6-20-24/h1-7,9,13-14,25H,8,10H2,(H2,19,21,22). The van der Waals surface area contributed by atoms with Crippen molar-refractivity contribution in [3.8, 4) is 5.82 Å². The van der Waals surface area contributed by atoms with Crippen LogP contribution >= 0.6 is 0 Å². The van der Waals surface area contributed by atoms with Gasteiger partial charge < -0.3 is 15.7 Å². The lowest BCUT2D eigenvalue weighted by Crippen LogP contribution is -2.26. The number of hydrogen-bond donors (Lipinski definition) is 2. The van der Waals surface area contributed by atoms with Crippen LogP contribution in [0.15, 0.2) is 48.8 Å². The van der Waals surface area contributed by atoms with Gasteiger partial charge >= 0.3 is 0 Å². The smallest absolute Gasteiger partial charge is 0.224 e. The molecule has 1 aromatic carbocycles. The number of aromatic nitrogens is 4. The normalized spacial score (nSPS) is 20.2. The number of halogens is 1. The highest BCUT2D eigenvalue weighted by Crippen LogP contribution is 2.36. The molecule has 2 unspecified atom stereocenters. The van der Waals surface area contributed by atoms with E-state index in [0.717, 1.165) is 5.56 Å². The van der Waals surface area contributed by atoms with Gasteiger partial charge in [0.05, 0.1) is 12.1 Å². The summed E-state index contributed by atoms with van der Waals surface area (Å²) in [4.78, 5) is 10.5. The van der Waals surface area contributed by atoms with E-state index in [0.29, 0.717) is 24.6 Å². The Morgan fingerprint density at radius 1 is 1.16 bits per heavy atom. The number of nitrogens with zero attached hydrogens (tertiary/aromatic N) is 5. The van der Waals surface area contributed by atoms with Gasteiger partial charge in [-0.3, -0.25) is 0 Å². The van der Waals surface area contributed by atoms with Gasteiger partial charge in [-0.05, 0) is 30.2 Å². The van der Waals surface area contributed by atoms with Gasteiger partial charge in [-0.1, -0.05) is 12.1 Å². The van der Waals surface area contributed by atoms with Crippen molar-refractivity contribution in [1.29, 1.82) is 0 Å². The maximum Gasteiger partial charge on any atom is 0.224 e. The van der Waals surface area contributed by atoms with E-state index < -0.39 is 6.10 Å². The molecule has 3 heterocycles. The van der Waals surface area contributed by atoms with Crippen LogP contribution < -0.4 is 10.6 Å². The van der Waals surface area contributed by atoms with Gasteiger partial charge in [0.15, 0.2) is 5.82 Å². The predicted molar refractivity (Wildman–Crippen MR) is 90.7 cm³/mol. The number of benzene rings is 1. The minimum atomic E-state index is -0.501. The van der Waals surface area contributed by atoms with Crippen LogP contribution in [0.25, 0.3) is 5.82 Å². The van der Waals surface area contributed by atoms with Crippen LogP contribution in [-0.2, 0) is 0 Å². The van der Waals surface area contributed by atoms with Gasteiger partial charge in [-0.15, -0.1) is 0 Å². The molecule has 1 saturated heterocycles. The second-order valence-corrected chi connectivity index (χ2v) is 6.00. The summed E-state index contributed by atoms with van der Waals surface area (Å²) in [5.74, 6) is 0.985. The fourth-order valence-corrected chi connectivity index (χ4v) is 3.18. The van der Waals surface area contributed by atoms with E-state index >= 15 is 0 Å². The van der Waals surface area contributed by atoms with Gasteiger partial charge in [0, 0.05) is 25.0 Å². The Hall–Kier alpha value is -3.00. The third-order valence-electron chi connectivity index (χ3n) is 4.28. The Morgan fingerprint density at radius 3 is 2.64 bits per heavy atom. The molecule has 7 nitrogen and oxygen atoms in total. The highest BCUT2D eigenvalue weighted by atomic mass is 19.1. The van der Waals surface area contributed by atoms with Gasteiger partial charge in [-0.2, -0.15) is 15.1 Å². The minimum Gasteiger partial charge on any atom is -0.391 e. The van der Waals surface area contributed by atoms with Crippen molar-refractivity contribution in [3.63, 3.8) is 0 Å². The van der Waals surface area contributed by atoms with Crippen molar-refractivity contribution < 1.29 is 9.50 Å². The molecule has 0 amide bonds. The second kappa shape index (κ2) is 6.14. The van der Waals surface area contributed by atoms with E-state index in [2.05, 4.69) is 15.1 Å². The zero-order valence-corrected chi connectivity index (χ0v) is 13.3. The van der Waals surface area contributed by atoms with Crippen LogP contribution in [-0.4, -0.2) is 37.5 Å². The first-order valence-corrected chi connectivity index (χ1v) is 7.95. The zero-order valence-electron chi connectivity index (χ0n) is 13.3. The fourth-order valence-electron chi connectivity index (χ4n) is 3.18. The highest BCUT2D eigenvalue weighted by Gasteiger charge is 2.33. The molecule has 8 heteroatoms. The Kier molecular flexibility index (Phi) is 3.81. The summed E-state index contributed by atoms with van der Waals surface area (Å²) in [6, 6.07) is 9.74. The molecule has 128 valence electrons. The molecule has 0 spiro atoms. The lowest BCUT2D eigenvalue weighted by molar-refractivity contribution is 0.194. The fraction of sp³-hybridized carbons (Fsp3) is 0.235. The first kappa shape index (κ1) is 15.5. The topological polar surface area (TPSA) is 93.1 Å². The van der Waals surface area contributed by atoms with Crippen molar-refractivity contribution in [2.45, 2.75) is 18.6 Å². The third-order valence-corrected chi connectivity index (χ3v) is 4.28. The summed E-state index contributed by atoms with van der Waals surface area (Å²) in [6.07, 6.45) is 3.45. The monoisotopic (exact) mass is 340 g/mol. The van der Waals surface area contributed by atoms with Gasteiger partial charge in [0.1, 0.15) is 11.6 Å². The largest absolute Gasteiger partial charge is 0.391 e. The number of hydrogen-bond acceptors (Lipinski definition) is 6. The second-order valence-electron chi connectivity index (χ2n) is 6.00. The van der Waals surface area contributed by atoms with E-state index in [-0.39, 0.29) is 17.8 Å². The molecule has 2 atom stereocenters. The molecule has 0 bridgehead atoms. The molecule has 3 aromatic rings. The molecule has 1 aliphatic rings. The van der Waals surface area contributed by atoms with Crippen molar-refractivity contribution in [1.82, 2.24) is 19.7 Å². The number of aliphatic hydroxyl groups excluding tert-OH is 1. The van der Waals surface area contributed by atoms with Crippen LogP contribution in [0.5, 0.6) is 0 Å². The molecule has 3 N–H and O–H groups in total. The molecule has 25 heavy (non-hydrogen) atoms. The van der Waals surface area contributed by atoms with Gasteiger partial charge in [0.2, 0.25) is 5.95 Å². The molecule has 2 aromatic heterocycles. The van der Waals surface area contributed by atoms with Crippen LogP contribution in [0.4, 0.5) is 16.2 Å². The SMILES string of the molecule is Nc1nc(N2CC(O)CC2c2ccc(F)cc2)cc(-n2cccn2)n1. The Labute approximate surface area is 143 Å². The van der Waals surface area contributed by atoms with E-state index in [1.54, 1.807) is 41.3 Å². The van der Waals surface area contributed by atoms with Gasteiger partial charge in [-0.25, -0.2) is 9.07 Å². The van der Waals surface area contributed by atoms with Crippen LogP contribution in [0.3, 0.4) is 0 Å². The van der Waals surface area contributed by atoms with Crippen molar-refractivity contribution in [2.75, 3.05) is 17.2 Å². The molecule has 0 radical (unpaired) electrons. The number of nitrogen functional groups attached to an aromatic ring is 1. The van der Waals surface area contributed by atoms with E-state index in [1.165, 1.54) is 12.1 Å². The van der Waals surface area contributed by atoms with E-state index in [9.17, 15) is 9.50 Å². The molecule has 0 saturated carbocycles. The lowest BCUT2D eigenvalue weighted by Gasteiger charge is -2.26. The van der Waals surface area contributed by atoms with Crippen LogP contribution in [0, 0.1) is 5.82 Å². The molecular formula is C17H17FN6O. The van der Waals surface area contributed by atoms with E-state index in [1.807, 2.05) is 4.90 Å². The number of aliphatic hydroxyl groups is 1. The maximum atomic E-state index is 13.2. The van der Waals surface area contributed by atoms with Crippen LogP contribution in [0.2, 0.25) is 0 Å². The first-order valence-electron chi connectivity index (χ1n) is 7.95. The molecule has 1 fully saturated rings. The summed E-state index contributed by atoms with van der Waals surface area (Å²) >= 11 is 0. The molecule has 0 aliphatic carbocycles. The zero-order chi connectivity index (χ0) is 17.4. The molecule has 1 aliphatic heterocycles. The molecular weight excluding hydrogens is 323 g/mol. The average Bonchev–Trinajstić information content (AvgIpc) is 3.25. The first-order chi connectivity index (χ1) is 12.1. The lowest BCUT2D eigenvalue weighted by atomic mass is 10.0. The number of anilines is 2. The summed E-state index contributed by atoms with van der Waals surface area (Å²) < 4.78 is 14.8. The minimum absolute atomic E-state index is 0.115.